The molecule has 1 aromatic heterocycles. The van der Waals surface area contributed by atoms with E-state index in [0.717, 1.165) is 36.8 Å². The summed E-state index contributed by atoms with van der Waals surface area (Å²) in [5.74, 6) is -0.555. The molecule has 31 heavy (non-hydrogen) atoms. The molecular formula is C26H33NO3S. The Balaban J connectivity index is 1.85. The monoisotopic (exact) mass is 439 g/mol. The number of benzene rings is 1. The first-order valence-corrected chi connectivity index (χ1v) is 12.4. The van der Waals surface area contributed by atoms with Gasteiger partial charge in [-0.2, -0.15) is 0 Å². The van der Waals surface area contributed by atoms with Crippen molar-refractivity contribution in [3.8, 4) is 0 Å². The summed E-state index contributed by atoms with van der Waals surface area (Å²) in [6.07, 6.45) is 14.9. The number of fused-ring (bicyclic) bond motifs is 1. The normalized spacial score (nSPS) is 15.5. The van der Waals surface area contributed by atoms with Crippen LogP contribution in [0.5, 0.6) is 0 Å². The summed E-state index contributed by atoms with van der Waals surface area (Å²) in [5.41, 5.74) is 2.62. The van der Waals surface area contributed by atoms with Crippen LogP contribution < -0.4 is 5.32 Å². The molecule has 166 valence electrons. The number of anilines is 1. The lowest BCUT2D eigenvalue weighted by Crippen LogP contribution is -2.13. The fourth-order valence-corrected chi connectivity index (χ4v) is 5.30. The Kier molecular flexibility index (Phi) is 9.35. The first kappa shape index (κ1) is 23.3. The summed E-state index contributed by atoms with van der Waals surface area (Å²) in [6.45, 7) is 2.14. The number of thiophene rings is 1. The summed E-state index contributed by atoms with van der Waals surface area (Å²) in [4.78, 5) is 26.7. The van der Waals surface area contributed by atoms with Gasteiger partial charge in [-0.3, -0.25) is 4.79 Å². The van der Waals surface area contributed by atoms with Gasteiger partial charge in [-0.25, -0.2) is 4.79 Å². The molecule has 0 aliphatic heterocycles. The highest BCUT2D eigenvalue weighted by Gasteiger charge is 2.25. The van der Waals surface area contributed by atoms with Crippen molar-refractivity contribution in [2.45, 2.75) is 71.1 Å². The van der Waals surface area contributed by atoms with E-state index in [1.807, 2.05) is 37.3 Å². The summed E-state index contributed by atoms with van der Waals surface area (Å²) in [6, 6.07) is 9.71. The van der Waals surface area contributed by atoms with Gasteiger partial charge in [-0.1, -0.05) is 68.9 Å². The van der Waals surface area contributed by atoms with E-state index in [9.17, 15) is 9.59 Å². The maximum atomic E-state index is 12.8. The Morgan fingerprint density at radius 2 is 1.61 bits per heavy atom. The molecule has 4 nitrogen and oxygen atoms in total. The van der Waals surface area contributed by atoms with Crippen LogP contribution in [0.1, 0.15) is 84.7 Å². The van der Waals surface area contributed by atoms with Crippen LogP contribution in [0.15, 0.2) is 36.4 Å². The Morgan fingerprint density at radius 1 is 0.968 bits per heavy atom. The predicted octanol–water partition coefficient (Wildman–Crippen LogP) is 6.80. The number of hydrogen-bond acceptors (Lipinski definition) is 4. The van der Waals surface area contributed by atoms with Gasteiger partial charge in [0.25, 0.3) is 0 Å². The lowest BCUT2D eigenvalue weighted by Gasteiger charge is -2.10. The molecule has 0 saturated carbocycles. The molecule has 0 saturated heterocycles. The highest BCUT2D eigenvalue weighted by Crippen LogP contribution is 2.37. The van der Waals surface area contributed by atoms with Crippen molar-refractivity contribution in [3.63, 3.8) is 0 Å². The number of nitrogens with one attached hydrogen (secondary N) is 1. The van der Waals surface area contributed by atoms with Crippen LogP contribution in [0.25, 0.3) is 6.08 Å². The van der Waals surface area contributed by atoms with Crippen LogP contribution >= 0.6 is 11.3 Å². The van der Waals surface area contributed by atoms with Crippen molar-refractivity contribution in [1.29, 1.82) is 0 Å². The van der Waals surface area contributed by atoms with E-state index in [2.05, 4.69) is 5.32 Å². The molecule has 1 aliphatic carbocycles. The number of ether oxygens (including phenoxy) is 1. The number of aryl methyl sites for hydroxylation is 1. The second-order valence-electron chi connectivity index (χ2n) is 7.99. The first-order chi connectivity index (χ1) is 15.2. The highest BCUT2D eigenvalue weighted by atomic mass is 32.1. The van der Waals surface area contributed by atoms with Crippen molar-refractivity contribution in [1.82, 2.24) is 0 Å². The van der Waals surface area contributed by atoms with E-state index in [4.69, 9.17) is 4.74 Å². The highest BCUT2D eigenvalue weighted by molar-refractivity contribution is 7.17. The SMILES string of the molecule is CCOC(=O)c1c(NC(=O)/C=C/c2ccccc2)sc2c1CCCCCCCCCC2. The van der Waals surface area contributed by atoms with Crippen LogP contribution in [-0.4, -0.2) is 18.5 Å². The van der Waals surface area contributed by atoms with Gasteiger partial charge in [-0.05, 0) is 49.8 Å². The van der Waals surface area contributed by atoms with Gasteiger partial charge in [0.15, 0.2) is 0 Å². The Hall–Kier alpha value is -2.40. The fraction of sp³-hybridized carbons (Fsp3) is 0.462. The zero-order chi connectivity index (χ0) is 21.9. The maximum Gasteiger partial charge on any atom is 0.341 e. The number of rotatable bonds is 5. The van der Waals surface area contributed by atoms with E-state index >= 15 is 0 Å². The largest absolute Gasteiger partial charge is 0.462 e. The van der Waals surface area contributed by atoms with Crippen molar-refractivity contribution in [2.75, 3.05) is 11.9 Å². The lowest BCUT2D eigenvalue weighted by atomic mass is 9.97. The summed E-state index contributed by atoms with van der Waals surface area (Å²) in [5, 5.41) is 3.59. The Bertz CT molecular complexity index is 886. The van der Waals surface area contributed by atoms with Gasteiger partial charge < -0.3 is 10.1 Å². The molecule has 0 atom stereocenters. The minimum absolute atomic E-state index is 0.230. The van der Waals surface area contributed by atoms with Crippen molar-refractivity contribution in [3.05, 3.63) is 58.0 Å². The molecule has 0 spiro atoms. The van der Waals surface area contributed by atoms with E-state index < -0.39 is 0 Å². The van der Waals surface area contributed by atoms with Gasteiger partial charge in [-0.15, -0.1) is 11.3 Å². The molecule has 3 rings (SSSR count). The molecule has 2 aromatic rings. The zero-order valence-corrected chi connectivity index (χ0v) is 19.3. The van der Waals surface area contributed by atoms with Crippen LogP contribution in [0.3, 0.4) is 0 Å². The average molecular weight is 440 g/mol. The van der Waals surface area contributed by atoms with E-state index in [0.29, 0.717) is 17.2 Å². The number of amides is 1. The van der Waals surface area contributed by atoms with Crippen molar-refractivity contribution in [2.24, 2.45) is 0 Å². The Labute approximate surface area is 189 Å². The minimum atomic E-state index is -0.325. The molecule has 1 aromatic carbocycles. The second kappa shape index (κ2) is 12.5. The van der Waals surface area contributed by atoms with Gasteiger partial charge in [0.2, 0.25) is 5.91 Å². The summed E-state index contributed by atoms with van der Waals surface area (Å²) < 4.78 is 5.37. The van der Waals surface area contributed by atoms with Gasteiger partial charge in [0, 0.05) is 11.0 Å². The minimum Gasteiger partial charge on any atom is -0.462 e. The molecule has 0 unspecified atom stereocenters. The lowest BCUT2D eigenvalue weighted by molar-refractivity contribution is -0.111. The van der Waals surface area contributed by atoms with Crippen LogP contribution in [0.2, 0.25) is 0 Å². The average Bonchev–Trinajstić information content (AvgIpc) is 3.10. The summed E-state index contributed by atoms with van der Waals surface area (Å²) >= 11 is 1.55. The molecule has 0 radical (unpaired) electrons. The zero-order valence-electron chi connectivity index (χ0n) is 18.5. The van der Waals surface area contributed by atoms with Crippen molar-refractivity contribution >= 4 is 34.3 Å². The molecule has 1 heterocycles. The van der Waals surface area contributed by atoms with Gasteiger partial charge >= 0.3 is 5.97 Å². The number of carbonyl (C=O) groups is 2. The molecule has 1 aliphatic rings. The predicted molar refractivity (Wildman–Crippen MR) is 129 cm³/mol. The van der Waals surface area contributed by atoms with E-state index in [1.165, 1.54) is 49.5 Å². The van der Waals surface area contributed by atoms with Gasteiger partial charge in [0.1, 0.15) is 5.00 Å². The Morgan fingerprint density at radius 3 is 2.29 bits per heavy atom. The molecular weight excluding hydrogens is 406 g/mol. The molecule has 1 amide bonds. The van der Waals surface area contributed by atoms with E-state index in [1.54, 1.807) is 17.4 Å². The number of hydrogen-bond donors (Lipinski definition) is 1. The molecule has 0 bridgehead atoms. The smallest absolute Gasteiger partial charge is 0.341 e. The quantitative estimate of drug-likeness (QED) is 0.412. The van der Waals surface area contributed by atoms with Gasteiger partial charge in [0.05, 0.1) is 12.2 Å². The van der Waals surface area contributed by atoms with Crippen LogP contribution in [0.4, 0.5) is 5.00 Å². The number of carbonyl (C=O) groups excluding carboxylic acids is 2. The van der Waals surface area contributed by atoms with Crippen LogP contribution in [0, 0.1) is 0 Å². The fourth-order valence-electron chi connectivity index (χ4n) is 4.02. The second-order valence-corrected chi connectivity index (χ2v) is 9.10. The van der Waals surface area contributed by atoms with E-state index in [-0.39, 0.29) is 11.9 Å². The molecule has 5 heteroatoms. The molecule has 0 fully saturated rings. The third kappa shape index (κ3) is 7.06. The topological polar surface area (TPSA) is 55.4 Å². The third-order valence-corrected chi connectivity index (χ3v) is 6.82. The van der Waals surface area contributed by atoms with Crippen LogP contribution in [-0.2, 0) is 22.4 Å². The first-order valence-electron chi connectivity index (χ1n) is 11.5. The number of esters is 1. The molecule has 1 N–H and O–H groups in total. The third-order valence-electron chi connectivity index (χ3n) is 5.61. The standard InChI is InChI=1S/C26H33NO3S/c1-2-30-26(29)24-21-16-12-7-5-3-4-6-8-13-17-22(21)31-25(24)27-23(28)19-18-20-14-10-9-11-15-20/h9-11,14-15,18-19H,2-8,12-13,16-17H2,1H3,(H,27,28)/b19-18+. The van der Waals surface area contributed by atoms with Crippen molar-refractivity contribution < 1.29 is 14.3 Å². The summed E-state index contributed by atoms with van der Waals surface area (Å²) in [7, 11) is 0. The maximum absolute atomic E-state index is 12.8.